The number of nitrogens with two attached hydrogens (primary N) is 1. The molecule has 1 aliphatic heterocycles. The maximum atomic E-state index is 5.45. The van der Waals surface area contributed by atoms with Crippen LogP contribution in [0, 0.1) is 6.92 Å². The Balaban J connectivity index is 2.16. The van der Waals surface area contributed by atoms with Gasteiger partial charge >= 0.3 is 0 Å². The van der Waals surface area contributed by atoms with E-state index in [0.717, 1.165) is 13.1 Å². The fourth-order valence-electron chi connectivity index (χ4n) is 2.29. The van der Waals surface area contributed by atoms with Gasteiger partial charge in [-0.2, -0.15) is 0 Å². The Hall–Kier alpha value is -1.28. The Bertz CT molecular complexity index is 382. The van der Waals surface area contributed by atoms with Crippen LogP contribution in [0.3, 0.4) is 0 Å². The van der Waals surface area contributed by atoms with Crippen LogP contribution >= 0.6 is 0 Å². The van der Waals surface area contributed by atoms with E-state index in [-0.39, 0.29) is 0 Å². The van der Waals surface area contributed by atoms with Gasteiger partial charge in [-0.3, -0.25) is 0 Å². The van der Waals surface area contributed by atoms with E-state index >= 15 is 0 Å². The molecule has 0 fully saturated rings. The van der Waals surface area contributed by atoms with Crippen LogP contribution in [0.1, 0.15) is 17.5 Å². The van der Waals surface area contributed by atoms with Crippen molar-refractivity contribution in [1.29, 1.82) is 0 Å². The number of rotatable bonds is 3. The third-order valence-corrected chi connectivity index (χ3v) is 3.08. The number of nitrogens with zero attached hydrogens (tertiary/aromatic N) is 1. The summed E-state index contributed by atoms with van der Waals surface area (Å²) < 4.78 is 0. The summed E-state index contributed by atoms with van der Waals surface area (Å²) in [7, 11) is 0. The number of anilines is 1. The predicted molar refractivity (Wildman–Crippen MR) is 69.9 cm³/mol. The third kappa shape index (κ3) is 2.45. The molecule has 0 aliphatic carbocycles. The Morgan fingerprint density at radius 2 is 2.25 bits per heavy atom. The molecule has 2 nitrogen and oxygen atoms in total. The van der Waals surface area contributed by atoms with Crippen molar-refractivity contribution in [3.8, 4) is 0 Å². The summed E-state index contributed by atoms with van der Waals surface area (Å²) >= 11 is 0. The molecule has 0 saturated heterocycles. The summed E-state index contributed by atoms with van der Waals surface area (Å²) in [5.74, 6) is 0. The molecule has 1 aliphatic rings. The molecular weight excluding hydrogens is 196 g/mol. The van der Waals surface area contributed by atoms with E-state index in [4.69, 9.17) is 5.73 Å². The first-order chi connectivity index (χ1) is 7.81. The lowest BCUT2D eigenvalue weighted by molar-refractivity contribution is 0.721. The van der Waals surface area contributed by atoms with Gasteiger partial charge in [-0.15, -0.1) is 0 Å². The van der Waals surface area contributed by atoms with Crippen molar-refractivity contribution < 1.29 is 0 Å². The van der Waals surface area contributed by atoms with Gasteiger partial charge in [-0.05, 0) is 31.4 Å². The molecule has 1 aromatic carbocycles. The molecule has 0 bridgehead atoms. The van der Waals surface area contributed by atoms with Crippen LogP contribution in [-0.2, 0) is 6.42 Å². The van der Waals surface area contributed by atoms with E-state index in [2.05, 4.69) is 36.1 Å². The molecule has 0 unspecified atom stereocenters. The first kappa shape index (κ1) is 11.2. The average molecular weight is 216 g/mol. The van der Waals surface area contributed by atoms with Gasteiger partial charge in [0.2, 0.25) is 0 Å². The van der Waals surface area contributed by atoms with E-state index in [0.29, 0.717) is 6.54 Å². The Morgan fingerprint density at radius 1 is 1.38 bits per heavy atom. The van der Waals surface area contributed by atoms with Crippen molar-refractivity contribution >= 4 is 5.69 Å². The lowest BCUT2D eigenvalue weighted by Crippen LogP contribution is -2.29. The third-order valence-electron chi connectivity index (χ3n) is 3.08. The van der Waals surface area contributed by atoms with Crippen molar-refractivity contribution in [1.82, 2.24) is 0 Å². The lowest BCUT2D eigenvalue weighted by atomic mass is 9.99. The van der Waals surface area contributed by atoms with Crippen molar-refractivity contribution in [3.63, 3.8) is 0 Å². The van der Waals surface area contributed by atoms with Gasteiger partial charge in [0.15, 0.2) is 0 Å². The zero-order chi connectivity index (χ0) is 11.4. The average Bonchev–Trinajstić information content (AvgIpc) is 2.29. The zero-order valence-corrected chi connectivity index (χ0v) is 9.95. The quantitative estimate of drug-likeness (QED) is 0.785. The van der Waals surface area contributed by atoms with Gasteiger partial charge in [-0.25, -0.2) is 0 Å². The minimum Gasteiger partial charge on any atom is -0.368 e. The molecule has 86 valence electrons. The smallest absolute Gasteiger partial charge is 0.0401 e. The normalized spacial score (nSPS) is 15.5. The molecule has 16 heavy (non-hydrogen) atoms. The molecule has 1 aromatic rings. The van der Waals surface area contributed by atoms with Crippen LogP contribution < -0.4 is 10.6 Å². The van der Waals surface area contributed by atoms with Gasteiger partial charge in [0, 0.05) is 25.3 Å². The molecule has 2 N–H and O–H groups in total. The summed E-state index contributed by atoms with van der Waals surface area (Å²) in [6.07, 6.45) is 6.67. The van der Waals surface area contributed by atoms with Gasteiger partial charge in [0.25, 0.3) is 0 Å². The number of fused-ring (bicyclic) bond motifs is 1. The van der Waals surface area contributed by atoms with Crippen molar-refractivity contribution in [3.05, 3.63) is 41.5 Å². The van der Waals surface area contributed by atoms with E-state index < -0.39 is 0 Å². The molecule has 0 aromatic heterocycles. The Kier molecular flexibility index (Phi) is 3.62. The van der Waals surface area contributed by atoms with Crippen LogP contribution in [0.2, 0.25) is 0 Å². The second kappa shape index (κ2) is 5.17. The summed E-state index contributed by atoms with van der Waals surface area (Å²) in [6, 6.07) is 6.76. The predicted octanol–water partition coefficient (Wildman–Crippen LogP) is 2.26. The molecule has 0 radical (unpaired) electrons. The first-order valence-corrected chi connectivity index (χ1v) is 6.01. The summed E-state index contributed by atoms with van der Waals surface area (Å²) in [5.41, 5.74) is 9.71. The highest BCUT2D eigenvalue weighted by molar-refractivity contribution is 5.57. The number of hydrogen-bond donors (Lipinski definition) is 1. The fourth-order valence-corrected chi connectivity index (χ4v) is 2.29. The number of benzene rings is 1. The van der Waals surface area contributed by atoms with Crippen molar-refractivity contribution in [2.75, 3.05) is 24.5 Å². The summed E-state index contributed by atoms with van der Waals surface area (Å²) in [6.45, 7) is 4.93. The summed E-state index contributed by atoms with van der Waals surface area (Å²) in [5, 5.41) is 0. The standard InChI is InChI=1S/C14H20N2/c1-12-6-7-14-13(11-12)5-4-10-16(14)9-3-2-8-15/h2-3,6-7,11H,4-5,8-10,15H2,1H3. The number of aryl methyl sites for hydroxylation is 2. The van der Waals surface area contributed by atoms with Gasteiger partial charge < -0.3 is 10.6 Å². The summed E-state index contributed by atoms with van der Waals surface area (Å²) in [4.78, 5) is 2.43. The van der Waals surface area contributed by atoms with E-state index in [1.165, 1.54) is 29.7 Å². The van der Waals surface area contributed by atoms with E-state index in [1.54, 1.807) is 0 Å². The van der Waals surface area contributed by atoms with Crippen LogP contribution in [0.25, 0.3) is 0 Å². The van der Waals surface area contributed by atoms with Gasteiger partial charge in [0.05, 0.1) is 0 Å². The molecular formula is C14H20N2. The molecule has 2 rings (SSSR count). The molecule has 2 heteroatoms. The maximum Gasteiger partial charge on any atom is 0.0401 e. The molecule has 0 spiro atoms. The largest absolute Gasteiger partial charge is 0.368 e. The molecule has 0 saturated carbocycles. The number of hydrogen-bond acceptors (Lipinski definition) is 2. The highest BCUT2D eigenvalue weighted by atomic mass is 15.1. The van der Waals surface area contributed by atoms with Crippen molar-refractivity contribution in [2.45, 2.75) is 19.8 Å². The van der Waals surface area contributed by atoms with E-state index in [1.807, 2.05) is 6.08 Å². The highest BCUT2D eigenvalue weighted by Crippen LogP contribution is 2.27. The lowest BCUT2D eigenvalue weighted by Gasteiger charge is -2.30. The first-order valence-electron chi connectivity index (χ1n) is 6.01. The van der Waals surface area contributed by atoms with Crippen LogP contribution in [0.15, 0.2) is 30.4 Å². The zero-order valence-electron chi connectivity index (χ0n) is 9.95. The van der Waals surface area contributed by atoms with Crippen LogP contribution in [0.4, 0.5) is 5.69 Å². The molecule has 0 atom stereocenters. The Labute approximate surface area is 97.8 Å². The van der Waals surface area contributed by atoms with Crippen LogP contribution in [-0.4, -0.2) is 19.6 Å². The fraction of sp³-hybridized carbons (Fsp3) is 0.429. The second-order valence-electron chi connectivity index (χ2n) is 4.39. The topological polar surface area (TPSA) is 29.3 Å². The monoisotopic (exact) mass is 216 g/mol. The van der Waals surface area contributed by atoms with Gasteiger partial charge in [-0.1, -0.05) is 29.8 Å². The molecule has 0 amide bonds. The second-order valence-corrected chi connectivity index (χ2v) is 4.39. The van der Waals surface area contributed by atoms with Crippen molar-refractivity contribution in [2.24, 2.45) is 5.73 Å². The maximum absolute atomic E-state index is 5.45. The highest BCUT2D eigenvalue weighted by Gasteiger charge is 2.15. The van der Waals surface area contributed by atoms with E-state index in [9.17, 15) is 0 Å². The minimum atomic E-state index is 0.634. The van der Waals surface area contributed by atoms with Gasteiger partial charge in [0.1, 0.15) is 0 Å². The SMILES string of the molecule is Cc1ccc2c(c1)CCCN2CC=CCN. The van der Waals surface area contributed by atoms with Crippen LogP contribution in [0.5, 0.6) is 0 Å². The Morgan fingerprint density at radius 3 is 3.06 bits per heavy atom. The minimum absolute atomic E-state index is 0.634. The molecule has 1 heterocycles.